The van der Waals surface area contributed by atoms with Crippen molar-refractivity contribution in [3.05, 3.63) is 29.3 Å². The number of carbonyl (C=O) groups excluding carboxylic acids is 1. The summed E-state index contributed by atoms with van der Waals surface area (Å²) in [6.07, 6.45) is 1.96. The van der Waals surface area contributed by atoms with E-state index in [4.69, 9.17) is 4.74 Å². The number of halogens is 1. The summed E-state index contributed by atoms with van der Waals surface area (Å²) in [4.78, 5) is 12.7. The minimum absolute atomic E-state index is 0. The van der Waals surface area contributed by atoms with Crippen LogP contribution in [0.15, 0.2) is 23.1 Å². The number of hydrogen-bond acceptors (Lipinski definition) is 5. The highest BCUT2D eigenvalue weighted by Crippen LogP contribution is 2.22. The number of morpholine rings is 1. The maximum Gasteiger partial charge on any atom is 0.251 e. The second-order valence-corrected chi connectivity index (χ2v) is 8.42. The van der Waals surface area contributed by atoms with Crippen LogP contribution in [0.5, 0.6) is 0 Å². The summed E-state index contributed by atoms with van der Waals surface area (Å²) in [7, 11) is -3.62. The number of piperidine rings is 1. The number of rotatable bonds is 4. The van der Waals surface area contributed by atoms with Gasteiger partial charge in [0.15, 0.2) is 0 Å². The molecule has 2 saturated heterocycles. The van der Waals surface area contributed by atoms with Gasteiger partial charge in [-0.2, -0.15) is 4.31 Å². The highest BCUT2D eigenvalue weighted by Gasteiger charge is 2.28. The minimum Gasteiger partial charge on any atom is -0.379 e. The third kappa shape index (κ3) is 4.75. The van der Waals surface area contributed by atoms with Gasteiger partial charge in [-0.15, -0.1) is 12.4 Å². The van der Waals surface area contributed by atoms with E-state index in [1.54, 1.807) is 19.1 Å². The highest BCUT2D eigenvalue weighted by molar-refractivity contribution is 7.89. The predicted molar refractivity (Wildman–Crippen MR) is 101 cm³/mol. The second-order valence-electron chi connectivity index (χ2n) is 6.51. The SMILES string of the molecule is Cc1ccc(C(=O)N[C@H]2CCCNC2)cc1S(=O)(=O)N1CCOCC1.Cl. The summed E-state index contributed by atoms with van der Waals surface area (Å²) >= 11 is 0. The molecule has 1 aromatic carbocycles. The lowest BCUT2D eigenvalue weighted by atomic mass is 10.1. The Labute approximate surface area is 160 Å². The number of benzene rings is 1. The number of amides is 1. The van der Waals surface area contributed by atoms with E-state index in [0.717, 1.165) is 25.9 Å². The number of nitrogens with zero attached hydrogens (tertiary/aromatic N) is 1. The molecule has 3 rings (SSSR count). The fourth-order valence-electron chi connectivity index (χ4n) is 3.19. The van der Waals surface area contributed by atoms with Crippen molar-refractivity contribution in [2.75, 3.05) is 39.4 Å². The number of hydrogen-bond donors (Lipinski definition) is 2. The van der Waals surface area contributed by atoms with Gasteiger partial charge in [0.1, 0.15) is 0 Å². The molecule has 0 unspecified atom stereocenters. The van der Waals surface area contributed by atoms with Gasteiger partial charge in [-0.25, -0.2) is 8.42 Å². The van der Waals surface area contributed by atoms with Gasteiger partial charge in [-0.1, -0.05) is 6.07 Å². The average molecular weight is 404 g/mol. The van der Waals surface area contributed by atoms with E-state index in [2.05, 4.69) is 10.6 Å². The molecule has 9 heteroatoms. The van der Waals surface area contributed by atoms with Crippen LogP contribution >= 0.6 is 12.4 Å². The lowest BCUT2D eigenvalue weighted by Crippen LogP contribution is -2.45. The maximum absolute atomic E-state index is 12.9. The third-order valence-corrected chi connectivity index (χ3v) is 6.71. The van der Waals surface area contributed by atoms with Crippen molar-refractivity contribution in [3.63, 3.8) is 0 Å². The van der Waals surface area contributed by atoms with Gasteiger partial charge in [0, 0.05) is 31.2 Å². The first kappa shape index (κ1) is 21.1. The van der Waals surface area contributed by atoms with E-state index in [9.17, 15) is 13.2 Å². The Balaban J connectivity index is 0.00000243. The maximum atomic E-state index is 12.9. The number of ether oxygens (including phenoxy) is 1. The highest BCUT2D eigenvalue weighted by atomic mass is 35.5. The lowest BCUT2D eigenvalue weighted by Gasteiger charge is -2.27. The Morgan fingerprint density at radius 1 is 1.31 bits per heavy atom. The van der Waals surface area contributed by atoms with Crippen molar-refractivity contribution in [3.8, 4) is 0 Å². The first-order chi connectivity index (χ1) is 12.0. The van der Waals surface area contributed by atoms with Crippen LogP contribution in [0.4, 0.5) is 0 Å². The standard InChI is InChI=1S/C17H25N3O4S.ClH/c1-13-4-5-14(17(21)19-15-3-2-6-18-12-15)11-16(13)25(22,23)20-7-9-24-10-8-20;/h4-5,11,15,18H,2-3,6-10,12H2,1H3,(H,19,21);1H/t15-;/m0./s1. The van der Waals surface area contributed by atoms with Gasteiger partial charge in [0.05, 0.1) is 18.1 Å². The number of sulfonamides is 1. The van der Waals surface area contributed by atoms with Crippen LogP contribution in [0.2, 0.25) is 0 Å². The van der Waals surface area contributed by atoms with Crippen molar-refractivity contribution in [1.29, 1.82) is 0 Å². The molecule has 0 saturated carbocycles. The smallest absolute Gasteiger partial charge is 0.251 e. The number of nitrogens with one attached hydrogen (secondary N) is 2. The second kappa shape index (κ2) is 9.14. The van der Waals surface area contributed by atoms with Crippen LogP contribution in [0.3, 0.4) is 0 Å². The molecular formula is C17H26ClN3O4S. The van der Waals surface area contributed by atoms with E-state index in [1.807, 2.05) is 0 Å². The molecule has 7 nitrogen and oxygen atoms in total. The summed E-state index contributed by atoms with van der Waals surface area (Å²) in [6, 6.07) is 4.95. The molecule has 26 heavy (non-hydrogen) atoms. The Morgan fingerprint density at radius 2 is 2.04 bits per heavy atom. The van der Waals surface area contributed by atoms with Gasteiger partial charge in [-0.05, 0) is 44.0 Å². The summed E-state index contributed by atoms with van der Waals surface area (Å²) < 4.78 is 32.5. The number of aryl methyl sites for hydroxylation is 1. The molecule has 2 heterocycles. The normalized spacial score (nSPS) is 21.7. The Morgan fingerprint density at radius 3 is 2.69 bits per heavy atom. The lowest BCUT2D eigenvalue weighted by molar-refractivity contribution is 0.0730. The van der Waals surface area contributed by atoms with Crippen LogP contribution in [0, 0.1) is 6.92 Å². The van der Waals surface area contributed by atoms with Crippen LogP contribution < -0.4 is 10.6 Å². The molecule has 0 spiro atoms. The summed E-state index contributed by atoms with van der Waals surface area (Å²) in [6.45, 7) is 4.94. The van der Waals surface area contributed by atoms with Crippen molar-refractivity contribution in [2.45, 2.75) is 30.7 Å². The summed E-state index contributed by atoms with van der Waals surface area (Å²) in [5, 5.41) is 6.23. The molecule has 0 aliphatic carbocycles. The van der Waals surface area contributed by atoms with Crippen molar-refractivity contribution in [1.82, 2.24) is 14.9 Å². The molecule has 1 amide bonds. The monoisotopic (exact) mass is 403 g/mol. The van der Waals surface area contributed by atoms with Crippen molar-refractivity contribution < 1.29 is 17.9 Å². The molecule has 0 bridgehead atoms. The largest absolute Gasteiger partial charge is 0.379 e. The van der Waals surface area contributed by atoms with E-state index in [-0.39, 0.29) is 29.3 Å². The van der Waals surface area contributed by atoms with Gasteiger partial charge >= 0.3 is 0 Å². The van der Waals surface area contributed by atoms with E-state index in [0.29, 0.717) is 37.4 Å². The molecule has 0 aromatic heterocycles. The Bertz CT molecular complexity index is 730. The van der Waals surface area contributed by atoms with Crippen LogP contribution in [-0.4, -0.2) is 64.1 Å². The first-order valence-electron chi connectivity index (χ1n) is 8.68. The summed E-state index contributed by atoms with van der Waals surface area (Å²) in [5.74, 6) is -0.230. The molecule has 146 valence electrons. The fraction of sp³-hybridized carbons (Fsp3) is 0.588. The average Bonchev–Trinajstić information content (AvgIpc) is 2.63. The zero-order valence-corrected chi connectivity index (χ0v) is 16.5. The van der Waals surface area contributed by atoms with Crippen LogP contribution in [0.1, 0.15) is 28.8 Å². The zero-order valence-electron chi connectivity index (χ0n) is 14.9. The topological polar surface area (TPSA) is 87.7 Å². The van der Waals surface area contributed by atoms with Gasteiger partial charge in [0.2, 0.25) is 10.0 Å². The zero-order chi connectivity index (χ0) is 17.9. The van der Waals surface area contributed by atoms with E-state index in [1.165, 1.54) is 10.4 Å². The van der Waals surface area contributed by atoms with Crippen molar-refractivity contribution >= 4 is 28.3 Å². The molecule has 2 fully saturated rings. The predicted octanol–water partition coefficient (Wildman–Crippen LogP) is 0.920. The quantitative estimate of drug-likeness (QED) is 0.780. The van der Waals surface area contributed by atoms with E-state index < -0.39 is 10.0 Å². The molecule has 1 aromatic rings. The van der Waals surface area contributed by atoms with Crippen LogP contribution in [-0.2, 0) is 14.8 Å². The van der Waals surface area contributed by atoms with Gasteiger partial charge < -0.3 is 15.4 Å². The molecular weight excluding hydrogens is 378 g/mol. The van der Waals surface area contributed by atoms with E-state index >= 15 is 0 Å². The molecule has 1 atom stereocenters. The Kier molecular flexibility index (Phi) is 7.42. The third-order valence-electron chi connectivity index (χ3n) is 4.67. The molecule has 2 N–H and O–H groups in total. The van der Waals surface area contributed by atoms with Crippen molar-refractivity contribution in [2.24, 2.45) is 0 Å². The molecule has 0 radical (unpaired) electrons. The summed E-state index contributed by atoms with van der Waals surface area (Å²) in [5.41, 5.74) is 1.02. The Hall–Kier alpha value is -1.19. The number of carbonyl (C=O) groups is 1. The fourth-order valence-corrected chi connectivity index (χ4v) is 4.85. The van der Waals surface area contributed by atoms with Gasteiger partial charge in [0.25, 0.3) is 5.91 Å². The minimum atomic E-state index is -3.62. The first-order valence-corrected chi connectivity index (χ1v) is 10.1. The van der Waals surface area contributed by atoms with Gasteiger partial charge in [-0.3, -0.25) is 4.79 Å². The molecule has 2 aliphatic rings. The van der Waals surface area contributed by atoms with Crippen LogP contribution in [0.25, 0.3) is 0 Å². The molecule has 2 aliphatic heterocycles.